The van der Waals surface area contributed by atoms with Gasteiger partial charge in [-0.2, -0.15) is 0 Å². The third kappa shape index (κ3) is 5.35. The van der Waals surface area contributed by atoms with Crippen LogP contribution in [0.25, 0.3) is 11.4 Å². The average molecular weight is 434 g/mol. The van der Waals surface area contributed by atoms with Crippen molar-refractivity contribution in [3.8, 4) is 11.4 Å². The van der Waals surface area contributed by atoms with E-state index < -0.39 is 0 Å². The van der Waals surface area contributed by atoms with Crippen molar-refractivity contribution in [3.63, 3.8) is 0 Å². The van der Waals surface area contributed by atoms with Crippen molar-refractivity contribution in [1.82, 2.24) is 25.1 Å². The van der Waals surface area contributed by atoms with Gasteiger partial charge in [0.2, 0.25) is 5.91 Å². The van der Waals surface area contributed by atoms with Crippen LogP contribution in [0.3, 0.4) is 0 Å². The first-order valence-electron chi connectivity index (χ1n) is 9.71. The molecule has 0 spiro atoms. The number of benzene rings is 2. The SMILES string of the molecule is O=C(CSc1nnc(-c2ccncc2)n1Cc1ccccc1)NCc1ccccc1F. The second kappa shape index (κ2) is 9.99. The predicted molar refractivity (Wildman–Crippen MR) is 118 cm³/mol. The number of nitrogens with one attached hydrogen (secondary N) is 1. The molecular formula is C23H20FN5OS. The van der Waals surface area contributed by atoms with Gasteiger partial charge in [-0.25, -0.2) is 4.39 Å². The normalized spacial score (nSPS) is 10.7. The molecule has 2 aromatic carbocycles. The van der Waals surface area contributed by atoms with Gasteiger partial charge in [-0.1, -0.05) is 60.3 Å². The molecule has 0 unspecified atom stereocenters. The Kier molecular flexibility index (Phi) is 6.68. The summed E-state index contributed by atoms with van der Waals surface area (Å²) in [6.45, 7) is 0.718. The Morgan fingerprint density at radius 3 is 2.48 bits per heavy atom. The molecule has 0 aliphatic rings. The van der Waals surface area contributed by atoms with Crippen LogP contribution in [-0.4, -0.2) is 31.4 Å². The quantitative estimate of drug-likeness (QED) is 0.426. The monoisotopic (exact) mass is 433 g/mol. The molecular weight excluding hydrogens is 413 g/mol. The van der Waals surface area contributed by atoms with Gasteiger partial charge in [-0.3, -0.25) is 14.3 Å². The number of hydrogen-bond acceptors (Lipinski definition) is 5. The van der Waals surface area contributed by atoms with Crippen LogP contribution in [0.15, 0.2) is 84.3 Å². The number of thioether (sulfide) groups is 1. The zero-order valence-electron chi connectivity index (χ0n) is 16.6. The second-order valence-corrected chi connectivity index (χ2v) is 7.71. The van der Waals surface area contributed by atoms with E-state index in [0.29, 0.717) is 23.1 Å². The van der Waals surface area contributed by atoms with Gasteiger partial charge in [0.05, 0.1) is 12.3 Å². The van der Waals surface area contributed by atoms with Crippen LogP contribution in [0.1, 0.15) is 11.1 Å². The zero-order chi connectivity index (χ0) is 21.5. The molecule has 31 heavy (non-hydrogen) atoms. The van der Waals surface area contributed by atoms with Crippen LogP contribution < -0.4 is 5.32 Å². The number of carbonyl (C=O) groups is 1. The molecule has 0 aliphatic heterocycles. The van der Waals surface area contributed by atoms with Crippen LogP contribution in [0.2, 0.25) is 0 Å². The van der Waals surface area contributed by atoms with E-state index in [4.69, 9.17) is 0 Å². The lowest BCUT2D eigenvalue weighted by molar-refractivity contribution is -0.118. The third-order valence-electron chi connectivity index (χ3n) is 4.61. The molecule has 1 amide bonds. The van der Waals surface area contributed by atoms with Crippen molar-refractivity contribution in [2.45, 2.75) is 18.2 Å². The minimum absolute atomic E-state index is 0.144. The van der Waals surface area contributed by atoms with Gasteiger partial charge in [0.1, 0.15) is 5.82 Å². The standard InChI is InChI=1S/C23H20FN5OS/c24-20-9-5-4-8-19(20)14-26-21(30)16-31-23-28-27-22(18-10-12-25-13-11-18)29(23)15-17-6-2-1-3-7-17/h1-13H,14-16H2,(H,26,30). The Morgan fingerprint density at radius 1 is 0.968 bits per heavy atom. The van der Waals surface area contributed by atoms with Crippen LogP contribution >= 0.6 is 11.8 Å². The van der Waals surface area contributed by atoms with Crippen molar-refractivity contribution in [3.05, 3.63) is 96.1 Å². The van der Waals surface area contributed by atoms with Crippen molar-refractivity contribution in [1.29, 1.82) is 0 Å². The summed E-state index contributed by atoms with van der Waals surface area (Å²) in [5.74, 6) is 0.325. The highest BCUT2D eigenvalue weighted by atomic mass is 32.2. The lowest BCUT2D eigenvalue weighted by Gasteiger charge is -2.11. The maximum absolute atomic E-state index is 13.7. The Morgan fingerprint density at radius 2 is 1.71 bits per heavy atom. The maximum atomic E-state index is 13.7. The summed E-state index contributed by atoms with van der Waals surface area (Å²) in [4.78, 5) is 16.4. The molecule has 0 radical (unpaired) electrons. The molecule has 0 saturated carbocycles. The van der Waals surface area contributed by atoms with E-state index >= 15 is 0 Å². The maximum Gasteiger partial charge on any atom is 0.230 e. The molecule has 6 nitrogen and oxygen atoms in total. The molecule has 8 heteroatoms. The first kappa shape index (κ1) is 20.7. The van der Waals surface area contributed by atoms with Crippen molar-refractivity contribution in [2.24, 2.45) is 0 Å². The smallest absolute Gasteiger partial charge is 0.230 e. The third-order valence-corrected chi connectivity index (χ3v) is 5.57. The van der Waals surface area contributed by atoms with Gasteiger partial charge in [0.25, 0.3) is 0 Å². The molecule has 0 aliphatic carbocycles. The van der Waals surface area contributed by atoms with Crippen molar-refractivity contribution in [2.75, 3.05) is 5.75 Å². The largest absolute Gasteiger partial charge is 0.351 e. The lowest BCUT2D eigenvalue weighted by Crippen LogP contribution is -2.25. The van der Waals surface area contributed by atoms with Crippen LogP contribution in [0, 0.1) is 5.82 Å². The fourth-order valence-electron chi connectivity index (χ4n) is 3.04. The van der Waals surface area contributed by atoms with E-state index in [9.17, 15) is 9.18 Å². The average Bonchev–Trinajstić information content (AvgIpc) is 3.20. The van der Waals surface area contributed by atoms with E-state index in [1.54, 1.807) is 30.6 Å². The molecule has 2 heterocycles. The van der Waals surface area contributed by atoms with Gasteiger partial charge in [-0.05, 0) is 23.8 Å². The fourth-order valence-corrected chi connectivity index (χ4v) is 3.80. The lowest BCUT2D eigenvalue weighted by atomic mass is 10.2. The van der Waals surface area contributed by atoms with Gasteiger partial charge < -0.3 is 5.32 Å². The number of hydrogen-bond donors (Lipinski definition) is 1. The van der Waals surface area contributed by atoms with Crippen LogP contribution in [-0.2, 0) is 17.9 Å². The van der Waals surface area contributed by atoms with Gasteiger partial charge >= 0.3 is 0 Å². The van der Waals surface area contributed by atoms with Gasteiger partial charge in [-0.15, -0.1) is 10.2 Å². The number of pyridine rings is 1. The molecule has 0 atom stereocenters. The molecule has 0 saturated heterocycles. The Bertz CT molecular complexity index is 1150. The summed E-state index contributed by atoms with van der Waals surface area (Å²) in [5.41, 5.74) is 2.45. The van der Waals surface area contributed by atoms with E-state index in [2.05, 4.69) is 20.5 Å². The predicted octanol–water partition coefficient (Wildman–Crippen LogP) is 3.94. The van der Waals surface area contributed by atoms with Gasteiger partial charge in [0.15, 0.2) is 11.0 Å². The number of halogens is 1. The molecule has 0 fully saturated rings. The van der Waals surface area contributed by atoms with Gasteiger partial charge in [0, 0.05) is 30.1 Å². The minimum Gasteiger partial charge on any atom is -0.351 e. The van der Waals surface area contributed by atoms with E-state index in [-0.39, 0.29) is 24.0 Å². The second-order valence-electron chi connectivity index (χ2n) is 6.77. The number of carbonyl (C=O) groups excluding carboxylic acids is 1. The van der Waals surface area contributed by atoms with Crippen molar-refractivity contribution >= 4 is 17.7 Å². The highest BCUT2D eigenvalue weighted by Gasteiger charge is 2.16. The molecule has 1 N–H and O–H groups in total. The van der Waals surface area contributed by atoms with Crippen LogP contribution in [0.4, 0.5) is 4.39 Å². The molecule has 2 aromatic heterocycles. The Balaban J connectivity index is 1.48. The summed E-state index contributed by atoms with van der Waals surface area (Å²) < 4.78 is 15.7. The number of amides is 1. The van der Waals surface area contributed by atoms with E-state index in [1.165, 1.54) is 17.8 Å². The van der Waals surface area contributed by atoms with E-state index in [1.807, 2.05) is 47.0 Å². The highest BCUT2D eigenvalue weighted by Crippen LogP contribution is 2.24. The van der Waals surface area contributed by atoms with Crippen molar-refractivity contribution < 1.29 is 9.18 Å². The zero-order valence-corrected chi connectivity index (χ0v) is 17.4. The number of nitrogens with zero attached hydrogens (tertiary/aromatic N) is 4. The Labute approximate surface area is 183 Å². The first-order chi connectivity index (χ1) is 15.2. The molecule has 0 bridgehead atoms. The number of aromatic nitrogens is 4. The molecule has 4 aromatic rings. The summed E-state index contributed by atoms with van der Waals surface area (Å²) in [6.07, 6.45) is 3.42. The first-order valence-corrected chi connectivity index (χ1v) is 10.7. The summed E-state index contributed by atoms with van der Waals surface area (Å²) in [7, 11) is 0. The summed E-state index contributed by atoms with van der Waals surface area (Å²) in [5, 5.41) is 12.0. The fraction of sp³-hybridized carbons (Fsp3) is 0.130. The van der Waals surface area contributed by atoms with Crippen LogP contribution in [0.5, 0.6) is 0 Å². The number of rotatable bonds is 8. The Hall–Kier alpha value is -3.52. The highest BCUT2D eigenvalue weighted by molar-refractivity contribution is 7.99. The summed E-state index contributed by atoms with van der Waals surface area (Å²) in [6, 6.07) is 20.1. The summed E-state index contributed by atoms with van der Waals surface area (Å²) >= 11 is 1.30. The molecule has 4 rings (SSSR count). The molecule has 156 valence electrons. The topological polar surface area (TPSA) is 72.7 Å². The van der Waals surface area contributed by atoms with E-state index in [0.717, 1.165) is 11.1 Å². The minimum atomic E-state index is -0.333.